The second kappa shape index (κ2) is 3.62. The first-order valence-corrected chi connectivity index (χ1v) is 5.62. The molecule has 0 aliphatic carbocycles. The molecule has 2 nitrogen and oxygen atoms in total. The summed E-state index contributed by atoms with van der Waals surface area (Å²) in [6, 6.07) is 4.60. The number of benzene rings is 1. The van der Waals surface area contributed by atoms with E-state index in [2.05, 4.69) is 15.9 Å². The summed E-state index contributed by atoms with van der Waals surface area (Å²) in [5.74, 6) is -0.309. The van der Waals surface area contributed by atoms with Gasteiger partial charge in [0.25, 0.3) is 0 Å². The molecule has 1 heterocycles. The largest absolute Gasteiger partial charge is 0.618 e. The zero-order chi connectivity index (χ0) is 10.3. The normalized spacial score (nSPS) is 10.8. The topological polar surface area (TPSA) is 26.9 Å². The van der Waals surface area contributed by atoms with Gasteiger partial charge in [0, 0.05) is 6.07 Å². The van der Waals surface area contributed by atoms with Crippen LogP contribution in [0, 0.1) is 14.6 Å². The molecular formula is C9H4BrFINO. The van der Waals surface area contributed by atoms with Crippen LogP contribution in [0.5, 0.6) is 0 Å². The molecule has 0 spiro atoms. The highest BCUT2D eigenvalue weighted by atomic mass is 127. The third kappa shape index (κ3) is 1.70. The molecule has 0 bridgehead atoms. The minimum atomic E-state index is -0.309. The maximum atomic E-state index is 13.2. The minimum Gasteiger partial charge on any atom is -0.618 e. The molecule has 0 radical (unpaired) electrons. The Balaban J connectivity index is 2.89. The molecule has 0 aliphatic rings. The molecule has 0 unspecified atom stereocenters. The van der Waals surface area contributed by atoms with E-state index in [1.165, 1.54) is 18.3 Å². The van der Waals surface area contributed by atoms with E-state index in [-0.39, 0.29) is 5.82 Å². The van der Waals surface area contributed by atoms with Crippen LogP contribution >= 0.6 is 38.5 Å². The van der Waals surface area contributed by atoms with Gasteiger partial charge in [0.05, 0.1) is 13.4 Å². The van der Waals surface area contributed by atoms with Gasteiger partial charge in [-0.05, 0) is 50.7 Å². The second-order valence-electron chi connectivity index (χ2n) is 2.81. The van der Waals surface area contributed by atoms with Crippen molar-refractivity contribution in [2.75, 3.05) is 0 Å². The highest BCUT2D eigenvalue weighted by molar-refractivity contribution is 14.1. The van der Waals surface area contributed by atoms with E-state index in [1.807, 2.05) is 22.6 Å². The van der Waals surface area contributed by atoms with Gasteiger partial charge in [-0.1, -0.05) is 0 Å². The Morgan fingerprint density at radius 3 is 2.79 bits per heavy atom. The molecule has 0 saturated carbocycles. The lowest BCUT2D eigenvalue weighted by Gasteiger charge is -2.03. The van der Waals surface area contributed by atoms with E-state index in [0.717, 1.165) is 4.73 Å². The maximum absolute atomic E-state index is 13.2. The zero-order valence-electron chi connectivity index (χ0n) is 6.80. The van der Waals surface area contributed by atoms with Gasteiger partial charge in [0.1, 0.15) is 5.82 Å². The number of pyridine rings is 1. The Labute approximate surface area is 102 Å². The number of fused-ring (bicyclic) bond motifs is 1. The summed E-state index contributed by atoms with van der Waals surface area (Å²) in [5, 5.41) is 12.0. The highest BCUT2D eigenvalue weighted by Gasteiger charge is 2.09. The first-order chi connectivity index (χ1) is 6.58. The molecule has 1 aromatic carbocycles. The van der Waals surface area contributed by atoms with Crippen LogP contribution in [0.3, 0.4) is 0 Å². The van der Waals surface area contributed by atoms with E-state index >= 15 is 0 Å². The van der Waals surface area contributed by atoms with Crippen molar-refractivity contribution in [1.29, 1.82) is 0 Å². The molecule has 0 saturated heterocycles. The number of hydrogen-bond donors (Lipinski definition) is 0. The number of aromatic nitrogens is 1. The van der Waals surface area contributed by atoms with E-state index in [9.17, 15) is 9.60 Å². The molecule has 2 rings (SSSR count). The van der Waals surface area contributed by atoms with E-state index in [1.54, 1.807) is 6.07 Å². The predicted molar refractivity (Wildman–Crippen MR) is 63.3 cm³/mol. The van der Waals surface area contributed by atoms with E-state index in [4.69, 9.17) is 0 Å². The lowest BCUT2D eigenvalue weighted by atomic mass is 10.2. The third-order valence-electron chi connectivity index (χ3n) is 1.84. The fraction of sp³-hybridized carbons (Fsp3) is 0. The highest BCUT2D eigenvalue weighted by Crippen LogP contribution is 2.20. The van der Waals surface area contributed by atoms with Crippen LogP contribution in [0.1, 0.15) is 0 Å². The van der Waals surface area contributed by atoms with Crippen molar-refractivity contribution in [2.45, 2.75) is 0 Å². The number of hydrogen-bond acceptors (Lipinski definition) is 1. The van der Waals surface area contributed by atoms with Crippen LogP contribution < -0.4 is 4.73 Å². The second-order valence-corrected chi connectivity index (χ2v) is 4.89. The van der Waals surface area contributed by atoms with Gasteiger partial charge >= 0.3 is 0 Å². The van der Waals surface area contributed by atoms with Gasteiger partial charge in [-0.2, -0.15) is 4.73 Å². The lowest BCUT2D eigenvalue weighted by Crippen LogP contribution is -2.26. The van der Waals surface area contributed by atoms with Crippen molar-refractivity contribution >= 4 is 49.4 Å². The molecule has 0 atom stereocenters. The van der Waals surface area contributed by atoms with Gasteiger partial charge in [-0.3, -0.25) is 0 Å². The SMILES string of the molecule is [O-][n+]1cc(Br)cc2cc(F)c(I)cc21. The standard InChI is InChI=1S/C9H4BrFINO/c10-6-1-5-2-7(11)8(12)3-9(5)13(14)4-6/h1-4H. The average Bonchev–Trinajstić information content (AvgIpc) is 2.08. The van der Waals surface area contributed by atoms with Crippen LogP contribution in [0.25, 0.3) is 10.9 Å². The summed E-state index contributed by atoms with van der Waals surface area (Å²) in [5.41, 5.74) is 0.471. The quantitative estimate of drug-likeness (QED) is 0.399. The summed E-state index contributed by atoms with van der Waals surface area (Å²) in [4.78, 5) is 0. The molecule has 1 aromatic heterocycles. The summed E-state index contributed by atoms with van der Waals surface area (Å²) < 4.78 is 15.0. The van der Waals surface area contributed by atoms with Gasteiger partial charge in [-0.15, -0.1) is 0 Å². The molecule has 0 aliphatic heterocycles. The van der Waals surface area contributed by atoms with Crippen LogP contribution in [-0.2, 0) is 0 Å². The Morgan fingerprint density at radius 1 is 1.36 bits per heavy atom. The van der Waals surface area contributed by atoms with Crippen molar-refractivity contribution < 1.29 is 9.12 Å². The monoisotopic (exact) mass is 367 g/mol. The minimum absolute atomic E-state index is 0.309. The van der Waals surface area contributed by atoms with Crippen molar-refractivity contribution in [3.63, 3.8) is 0 Å². The summed E-state index contributed by atoms with van der Waals surface area (Å²) >= 11 is 5.04. The van der Waals surface area contributed by atoms with Crippen molar-refractivity contribution in [2.24, 2.45) is 0 Å². The Bertz CT molecular complexity index is 518. The van der Waals surface area contributed by atoms with Crippen LogP contribution in [-0.4, -0.2) is 0 Å². The van der Waals surface area contributed by atoms with E-state index < -0.39 is 0 Å². The van der Waals surface area contributed by atoms with Gasteiger partial charge in [0.2, 0.25) is 5.52 Å². The fourth-order valence-electron chi connectivity index (χ4n) is 1.23. The zero-order valence-corrected chi connectivity index (χ0v) is 10.5. The number of halogens is 3. The Morgan fingerprint density at radius 2 is 2.07 bits per heavy atom. The van der Waals surface area contributed by atoms with Crippen LogP contribution in [0.15, 0.2) is 28.9 Å². The van der Waals surface area contributed by atoms with Crippen LogP contribution in [0.4, 0.5) is 4.39 Å². The predicted octanol–water partition coefficient (Wildman–Crippen LogP) is 2.98. The molecular weight excluding hydrogens is 364 g/mol. The Kier molecular flexibility index (Phi) is 2.61. The summed E-state index contributed by atoms with van der Waals surface area (Å²) in [6.07, 6.45) is 1.40. The van der Waals surface area contributed by atoms with Crippen molar-refractivity contribution in [3.05, 3.63) is 43.5 Å². The number of rotatable bonds is 0. The van der Waals surface area contributed by atoms with Crippen molar-refractivity contribution in [3.8, 4) is 0 Å². The third-order valence-corrected chi connectivity index (χ3v) is 3.10. The first kappa shape index (κ1) is 10.1. The van der Waals surface area contributed by atoms with Gasteiger partial charge < -0.3 is 5.21 Å². The number of nitrogens with zero attached hydrogens (tertiary/aromatic N) is 1. The van der Waals surface area contributed by atoms with Gasteiger partial charge in [-0.25, -0.2) is 4.39 Å². The summed E-state index contributed by atoms with van der Waals surface area (Å²) in [6.45, 7) is 0. The average molecular weight is 368 g/mol. The molecule has 0 fully saturated rings. The summed E-state index contributed by atoms with van der Waals surface area (Å²) in [7, 11) is 0. The smallest absolute Gasteiger partial charge is 0.225 e. The molecule has 14 heavy (non-hydrogen) atoms. The maximum Gasteiger partial charge on any atom is 0.225 e. The fourth-order valence-corrected chi connectivity index (χ4v) is 2.11. The lowest BCUT2D eigenvalue weighted by molar-refractivity contribution is -0.577. The van der Waals surface area contributed by atoms with Gasteiger partial charge in [0.15, 0.2) is 6.20 Å². The first-order valence-electron chi connectivity index (χ1n) is 3.75. The molecule has 72 valence electrons. The van der Waals surface area contributed by atoms with Crippen LogP contribution in [0.2, 0.25) is 0 Å². The molecule has 2 aromatic rings. The Hall–Kier alpha value is -0.430. The molecule has 0 amide bonds. The van der Waals surface area contributed by atoms with Crippen molar-refractivity contribution in [1.82, 2.24) is 0 Å². The van der Waals surface area contributed by atoms with E-state index in [0.29, 0.717) is 18.9 Å². The molecule has 5 heteroatoms. The molecule has 0 N–H and O–H groups in total.